The fourth-order valence-electron chi connectivity index (χ4n) is 4.03. The number of rotatable bonds is 5. The van der Waals surface area contributed by atoms with E-state index in [2.05, 4.69) is 15.9 Å². The van der Waals surface area contributed by atoms with Gasteiger partial charge in [0.25, 0.3) is 0 Å². The molecule has 156 valence electrons. The van der Waals surface area contributed by atoms with Crippen LogP contribution in [-0.4, -0.2) is 45.4 Å². The molecule has 1 aromatic heterocycles. The van der Waals surface area contributed by atoms with Crippen molar-refractivity contribution in [1.29, 1.82) is 0 Å². The first-order valence-corrected chi connectivity index (χ1v) is 11.1. The van der Waals surface area contributed by atoms with Crippen LogP contribution in [0.3, 0.4) is 0 Å². The first-order chi connectivity index (χ1) is 14.6. The number of para-hydroxylation sites is 1. The molecule has 2 heterocycles. The lowest BCUT2D eigenvalue weighted by Crippen LogP contribution is -2.47. The molecule has 0 N–H and O–H groups in total. The molecule has 2 aromatic carbocycles. The Balaban J connectivity index is 1.35. The number of hydrogen-bond donors (Lipinski definition) is 0. The van der Waals surface area contributed by atoms with Crippen LogP contribution in [0.1, 0.15) is 18.9 Å². The average Bonchev–Trinajstić information content (AvgIpc) is 3.54. The van der Waals surface area contributed by atoms with Gasteiger partial charge >= 0.3 is 0 Å². The Hall–Kier alpha value is -2.22. The second-order valence-corrected chi connectivity index (χ2v) is 8.66. The Morgan fingerprint density at radius 1 is 1.00 bits per heavy atom. The SMILES string of the molecule is Fc1ccccc1-c1nn(CN2CCN(c3ccccc3Cl)CC2)c(=S)n1C1CC1. The Kier molecular flexibility index (Phi) is 5.35. The van der Waals surface area contributed by atoms with E-state index in [-0.39, 0.29) is 5.82 Å². The topological polar surface area (TPSA) is 29.2 Å². The lowest BCUT2D eigenvalue weighted by Gasteiger charge is -2.36. The summed E-state index contributed by atoms with van der Waals surface area (Å²) in [6.45, 7) is 4.16. The predicted octanol–water partition coefficient (Wildman–Crippen LogP) is 4.99. The lowest BCUT2D eigenvalue weighted by atomic mass is 10.2. The molecule has 0 radical (unpaired) electrons. The van der Waals surface area contributed by atoms with Gasteiger partial charge in [0.05, 0.1) is 22.9 Å². The average molecular weight is 444 g/mol. The van der Waals surface area contributed by atoms with Gasteiger partial charge in [0, 0.05) is 32.2 Å². The number of hydrogen-bond acceptors (Lipinski definition) is 4. The molecule has 2 fully saturated rings. The minimum Gasteiger partial charge on any atom is -0.368 e. The number of halogens is 2. The van der Waals surface area contributed by atoms with Gasteiger partial charge in [-0.1, -0.05) is 35.9 Å². The molecule has 0 spiro atoms. The Morgan fingerprint density at radius 3 is 2.40 bits per heavy atom. The normalized spacial score (nSPS) is 17.5. The number of anilines is 1. The van der Waals surface area contributed by atoms with Gasteiger partial charge in [0.2, 0.25) is 0 Å². The quantitative estimate of drug-likeness (QED) is 0.519. The molecule has 2 aliphatic rings. The van der Waals surface area contributed by atoms with Crippen molar-refractivity contribution in [2.45, 2.75) is 25.6 Å². The predicted molar refractivity (Wildman–Crippen MR) is 120 cm³/mol. The minimum absolute atomic E-state index is 0.264. The van der Waals surface area contributed by atoms with Crippen molar-refractivity contribution in [2.24, 2.45) is 0 Å². The van der Waals surface area contributed by atoms with Crippen LogP contribution >= 0.6 is 23.8 Å². The fraction of sp³-hybridized carbons (Fsp3) is 0.364. The summed E-state index contributed by atoms with van der Waals surface area (Å²) in [5, 5.41) is 5.53. The smallest absolute Gasteiger partial charge is 0.199 e. The van der Waals surface area contributed by atoms with E-state index in [1.54, 1.807) is 12.1 Å². The summed E-state index contributed by atoms with van der Waals surface area (Å²) < 4.78 is 19.0. The van der Waals surface area contributed by atoms with E-state index in [4.69, 9.17) is 28.9 Å². The maximum Gasteiger partial charge on any atom is 0.199 e. The van der Waals surface area contributed by atoms with E-state index in [0.29, 0.717) is 28.9 Å². The summed E-state index contributed by atoms with van der Waals surface area (Å²) in [6.07, 6.45) is 2.13. The van der Waals surface area contributed by atoms with Crippen molar-refractivity contribution in [3.05, 3.63) is 64.1 Å². The van der Waals surface area contributed by atoms with Crippen molar-refractivity contribution < 1.29 is 4.39 Å². The summed E-state index contributed by atoms with van der Waals surface area (Å²) in [5.41, 5.74) is 1.59. The van der Waals surface area contributed by atoms with Crippen LogP contribution in [0.5, 0.6) is 0 Å². The maximum absolute atomic E-state index is 14.5. The van der Waals surface area contributed by atoms with E-state index in [1.807, 2.05) is 33.5 Å². The molecule has 8 heteroatoms. The van der Waals surface area contributed by atoms with Crippen LogP contribution in [0, 0.1) is 10.6 Å². The summed E-state index contributed by atoms with van der Waals surface area (Å²) >= 11 is 12.1. The largest absolute Gasteiger partial charge is 0.368 e. The van der Waals surface area contributed by atoms with Gasteiger partial charge in [-0.15, -0.1) is 0 Å². The highest BCUT2D eigenvalue weighted by Gasteiger charge is 2.30. The molecule has 5 nitrogen and oxygen atoms in total. The monoisotopic (exact) mass is 443 g/mol. The molecule has 0 atom stereocenters. The van der Waals surface area contributed by atoms with E-state index in [1.165, 1.54) is 6.07 Å². The number of nitrogens with zero attached hydrogens (tertiary/aromatic N) is 5. The first-order valence-electron chi connectivity index (χ1n) is 10.3. The highest BCUT2D eigenvalue weighted by molar-refractivity contribution is 7.71. The Labute approximate surface area is 185 Å². The van der Waals surface area contributed by atoms with Crippen LogP contribution in [0.2, 0.25) is 5.02 Å². The fourth-order valence-corrected chi connectivity index (χ4v) is 4.62. The highest BCUT2D eigenvalue weighted by atomic mass is 35.5. The van der Waals surface area contributed by atoms with Crippen LogP contribution in [0.25, 0.3) is 11.4 Å². The Bertz CT molecular complexity index is 1110. The zero-order valence-electron chi connectivity index (χ0n) is 16.5. The van der Waals surface area contributed by atoms with Crippen molar-refractivity contribution in [3.8, 4) is 11.4 Å². The zero-order chi connectivity index (χ0) is 20.7. The summed E-state index contributed by atoms with van der Waals surface area (Å²) in [4.78, 5) is 4.64. The molecule has 0 amide bonds. The van der Waals surface area contributed by atoms with Gasteiger partial charge in [-0.3, -0.25) is 9.47 Å². The van der Waals surface area contributed by atoms with Crippen LogP contribution < -0.4 is 4.90 Å². The van der Waals surface area contributed by atoms with Gasteiger partial charge < -0.3 is 4.90 Å². The molecule has 3 aromatic rings. The maximum atomic E-state index is 14.5. The van der Waals surface area contributed by atoms with Gasteiger partial charge in [0.1, 0.15) is 5.82 Å². The van der Waals surface area contributed by atoms with Crippen molar-refractivity contribution >= 4 is 29.5 Å². The molecule has 5 rings (SSSR count). The summed E-state index contributed by atoms with van der Waals surface area (Å²) in [6, 6.07) is 15.1. The van der Waals surface area contributed by atoms with Crippen LogP contribution in [-0.2, 0) is 6.67 Å². The molecule has 1 aliphatic heterocycles. The van der Waals surface area contributed by atoms with Crippen LogP contribution in [0.4, 0.5) is 10.1 Å². The van der Waals surface area contributed by atoms with Crippen molar-refractivity contribution in [3.63, 3.8) is 0 Å². The third-order valence-electron chi connectivity index (χ3n) is 5.80. The molecular weight excluding hydrogens is 421 g/mol. The number of piperazine rings is 1. The molecular formula is C22H23ClFN5S. The molecule has 1 saturated heterocycles. The van der Waals surface area contributed by atoms with Gasteiger partial charge in [-0.05, 0) is 49.3 Å². The van der Waals surface area contributed by atoms with Crippen molar-refractivity contribution in [2.75, 3.05) is 31.1 Å². The van der Waals surface area contributed by atoms with E-state index >= 15 is 0 Å². The zero-order valence-corrected chi connectivity index (χ0v) is 18.1. The first kappa shape index (κ1) is 19.7. The summed E-state index contributed by atoms with van der Waals surface area (Å²) in [5.74, 6) is 0.371. The lowest BCUT2D eigenvalue weighted by molar-refractivity contribution is 0.194. The second kappa shape index (κ2) is 8.13. The van der Waals surface area contributed by atoms with E-state index < -0.39 is 0 Å². The number of benzene rings is 2. The third kappa shape index (κ3) is 3.77. The molecule has 30 heavy (non-hydrogen) atoms. The number of aromatic nitrogens is 3. The molecule has 1 saturated carbocycles. The minimum atomic E-state index is -0.264. The summed E-state index contributed by atoms with van der Waals surface area (Å²) in [7, 11) is 0. The van der Waals surface area contributed by atoms with E-state index in [0.717, 1.165) is 49.7 Å². The van der Waals surface area contributed by atoms with Crippen molar-refractivity contribution in [1.82, 2.24) is 19.2 Å². The molecule has 0 unspecified atom stereocenters. The second-order valence-electron chi connectivity index (χ2n) is 7.88. The standard InChI is InChI=1S/C22H23ClFN5S/c23-18-6-2-4-8-20(18)27-13-11-26(12-14-27)15-28-22(30)29(16-9-10-16)21(25-28)17-5-1-3-7-19(17)24/h1-8,16H,9-15H2. The third-order valence-corrected chi connectivity index (χ3v) is 6.52. The highest BCUT2D eigenvalue weighted by Crippen LogP contribution is 2.39. The Morgan fingerprint density at radius 2 is 1.70 bits per heavy atom. The van der Waals surface area contributed by atoms with E-state index in [9.17, 15) is 4.39 Å². The van der Waals surface area contributed by atoms with Gasteiger partial charge in [-0.2, -0.15) is 5.10 Å². The van der Waals surface area contributed by atoms with Gasteiger partial charge in [-0.25, -0.2) is 9.07 Å². The van der Waals surface area contributed by atoms with Gasteiger partial charge in [0.15, 0.2) is 10.6 Å². The molecule has 0 bridgehead atoms. The van der Waals surface area contributed by atoms with Crippen LogP contribution in [0.15, 0.2) is 48.5 Å². The molecule has 1 aliphatic carbocycles.